The molecule has 0 unspecified atom stereocenters. The second-order valence-corrected chi connectivity index (χ2v) is 9.49. The molecular weight excluding hydrogens is 356 g/mol. The van der Waals surface area contributed by atoms with Crippen molar-refractivity contribution < 1.29 is 4.74 Å². The molecule has 1 heterocycles. The third-order valence-electron chi connectivity index (χ3n) is 7.19. The van der Waals surface area contributed by atoms with Gasteiger partial charge in [0, 0.05) is 18.3 Å². The zero-order valence-corrected chi connectivity index (χ0v) is 18.4. The van der Waals surface area contributed by atoms with Gasteiger partial charge in [0.2, 0.25) is 0 Å². The Kier molecular flexibility index (Phi) is 6.94. The van der Waals surface area contributed by atoms with E-state index in [2.05, 4.69) is 36.0 Å². The number of aryl methyl sites for hydroxylation is 1. The third kappa shape index (κ3) is 5.65. The summed E-state index contributed by atoms with van der Waals surface area (Å²) < 4.78 is 7.43. The van der Waals surface area contributed by atoms with E-state index >= 15 is 0 Å². The molecule has 1 aromatic heterocycles. The second-order valence-electron chi connectivity index (χ2n) is 9.49. The maximum Gasteiger partial charge on any atom is 0.121 e. The smallest absolute Gasteiger partial charge is 0.121 e. The van der Waals surface area contributed by atoms with Crippen molar-refractivity contribution in [3.63, 3.8) is 0 Å². The molecule has 2 aromatic rings. The van der Waals surface area contributed by atoms with E-state index in [4.69, 9.17) is 9.84 Å². The normalized spacial score (nSPS) is 20.3. The summed E-state index contributed by atoms with van der Waals surface area (Å²) in [5.41, 5.74) is 3.36. The van der Waals surface area contributed by atoms with Crippen molar-refractivity contribution in [2.75, 3.05) is 7.11 Å². The van der Waals surface area contributed by atoms with Gasteiger partial charge in [-0.2, -0.15) is 5.10 Å². The number of nitrogens with zero attached hydrogens (tertiary/aromatic N) is 2. The highest BCUT2D eigenvalue weighted by Gasteiger charge is 2.32. The molecule has 0 spiro atoms. The Hall–Kier alpha value is -1.77. The van der Waals surface area contributed by atoms with Crippen LogP contribution in [0, 0.1) is 24.7 Å². The zero-order chi connectivity index (χ0) is 20.1. The second kappa shape index (κ2) is 9.82. The lowest BCUT2D eigenvalue weighted by molar-refractivity contribution is 0.308. The summed E-state index contributed by atoms with van der Waals surface area (Å²) in [5.74, 6) is 4.11. The number of rotatable bonds is 5. The van der Waals surface area contributed by atoms with Crippen LogP contribution in [-0.4, -0.2) is 16.9 Å². The minimum atomic E-state index is 0.809. The summed E-state index contributed by atoms with van der Waals surface area (Å²) >= 11 is 0. The van der Waals surface area contributed by atoms with Gasteiger partial charge < -0.3 is 4.74 Å². The highest BCUT2D eigenvalue weighted by atomic mass is 16.5. The van der Waals surface area contributed by atoms with Crippen molar-refractivity contribution in [1.29, 1.82) is 0 Å². The predicted octanol–water partition coefficient (Wildman–Crippen LogP) is 7.03. The van der Waals surface area contributed by atoms with Gasteiger partial charge in [-0.15, -0.1) is 0 Å². The molecule has 0 atom stereocenters. The molecule has 0 N–H and O–H groups in total. The van der Waals surface area contributed by atoms with E-state index in [0.717, 1.165) is 35.0 Å². The molecule has 3 aliphatic carbocycles. The topological polar surface area (TPSA) is 27.1 Å². The van der Waals surface area contributed by atoms with Crippen LogP contribution >= 0.6 is 0 Å². The van der Waals surface area contributed by atoms with Crippen LogP contribution in [0.3, 0.4) is 0 Å². The number of hydrogen-bond donors (Lipinski definition) is 0. The SMILES string of the molecule is C1CCC(C2CC2)C1.COc1ccc(-c2ccn(CC3CCCCC3)n2)cc1C. The number of benzene rings is 1. The molecule has 0 bridgehead atoms. The first-order valence-corrected chi connectivity index (χ1v) is 11.9. The molecule has 3 heteroatoms. The van der Waals surface area contributed by atoms with E-state index < -0.39 is 0 Å². The Bertz CT molecular complexity index is 765. The van der Waals surface area contributed by atoms with E-state index in [0.29, 0.717) is 0 Å². The van der Waals surface area contributed by atoms with E-state index in [-0.39, 0.29) is 0 Å². The van der Waals surface area contributed by atoms with Gasteiger partial charge in [-0.3, -0.25) is 4.68 Å². The van der Waals surface area contributed by atoms with Gasteiger partial charge in [0.25, 0.3) is 0 Å². The van der Waals surface area contributed by atoms with Crippen molar-refractivity contribution in [3.8, 4) is 17.0 Å². The Balaban J connectivity index is 0.000000211. The highest BCUT2D eigenvalue weighted by molar-refractivity contribution is 5.61. The largest absolute Gasteiger partial charge is 0.496 e. The van der Waals surface area contributed by atoms with Crippen LogP contribution in [0.2, 0.25) is 0 Å². The third-order valence-corrected chi connectivity index (χ3v) is 7.19. The van der Waals surface area contributed by atoms with Gasteiger partial charge in [-0.05, 0) is 80.2 Å². The molecule has 3 saturated carbocycles. The molecule has 158 valence electrons. The van der Waals surface area contributed by atoms with Crippen LogP contribution in [0.1, 0.15) is 76.2 Å². The molecule has 0 aliphatic heterocycles. The molecule has 3 nitrogen and oxygen atoms in total. The van der Waals surface area contributed by atoms with Gasteiger partial charge >= 0.3 is 0 Å². The summed E-state index contributed by atoms with van der Waals surface area (Å²) in [5, 5.41) is 4.75. The van der Waals surface area contributed by atoms with Crippen molar-refractivity contribution >= 4 is 0 Å². The van der Waals surface area contributed by atoms with Crippen LogP contribution in [-0.2, 0) is 6.54 Å². The number of ether oxygens (including phenoxy) is 1. The summed E-state index contributed by atoms with van der Waals surface area (Å²) in [6, 6.07) is 8.36. The lowest BCUT2D eigenvalue weighted by atomic mass is 9.89. The maximum atomic E-state index is 5.32. The monoisotopic (exact) mass is 394 g/mol. The zero-order valence-electron chi connectivity index (χ0n) is 18.4. The van der Waals surface area contributed by atoms with E-state index in [1.165, 1.54) is 56.8 Å². The van der Waals surface area contributed by atoms with Crippen molar-refractivity contribution in [3.05, 3.63) is 36.0 Å². The molecule has 29 heavy (non-hydrogen) atoms. The quantitative estimate of drug-likeness (QED) is 0.544. The standard InChI is InChI=1S/C18H24N2O.C8H14/c1-14-12-16(8-9-18(14)21-2)17-10-11-20(19-17)13-15-6-4-3-5-7-15;1-2-4-7(3-1)8-5-6-8/h8-12,15H,3-7,13H2,1-2H3;7-8H,1-6H2. The molecule has 0 saturated heterocycles. The molecule has 5 rings (SSSR count). The average molecular weight is 395 g/mol. The van der Waals surface area contributed by atoms with Crippen LogP contribution in [0.15, 0.2) is 30.5 Å². The molecular formula is C26H38N2O. The summed E-state index contributed by atoms with van der Waals surface area (Å²) in [6.45, 7) is 3.14. The Labute approximate surface area is 176 Å². The van der Waals surface area contributed by atoms with Gasteiger partial charge in [-0.25, -0.2) is 0 Å². The molecule has 0 amide bonds. The van der Waals surface area contributed by atoms with E-state index in [1.807, 2.05) is 6.07 Å². The van der Waals surface area contributed by atoms with Crippen LogP contribution < -0.4 is 4.74 Å². The first-order chi connectivity index (χ1) is 14.2. The fourth-order valence-corrected chi connectivity index (χ4v) is 5.29. The highest BCUT2D eigenvalue weighted by Crippen LogP contribution is 2.44. The van der Waals surface area contributed by atoms with Gasteiger partial charge in [0.15, 0.2) is 0 Å². The molecule has 0 radical (unpaired) electrons. The lowest BCUT2D eigenvalue weighted by Crippen LogP contribution is -2.14. The van der Waals surface area contributed by atoms with E-state index in [1.54, 1.807) is 32.8 Å². The molecule has 3 aliphatic rings. The minimum Gasteiger partial charge on any atom is -0.496 e. The first kappa shape index (κ1) is 20.5. The Morgan fingerprint density at radius 1 is 0.897 bits per heavy atom. The van der Waals surface area contributed by atoms with Gasteiger partial charge in [0.1, 0.15) is 5.75 Å². The Morgan fingerprint density at radius 2 is 1.59 bits per heavy atom. The van der Waals surface area contributed by atoms with Crippen molar-refractivity contribution in [2.24, 2.45) is 17.8 Å². The van der Waals surface area contributed by atoms with Crippen LogP contribution in [0.4, 0.5) is 0 Å². The number of methoxy groups -OCH3 is 1. The van der Waals surface area contributed by atoms with Crippen LogP contribution in [0.25, 0.3) is 11.3 Å². The van der Waals surface area contributed by atoms with Gasteiger partial charge in [0.05, 0.1) is 12.8 Å². The molecule has 3 fully saturated rings. The first-order valence-electron chi connectivity index (χ1n) is 11.9. The average Bonchev–Trinajstić information content (AvgIpc) is 3.25. The van der Waals surface area contributed by atoms with Crippen LogP contribution in [0.5, 0.6) is 5.75 Å². The molecule has 1 aromatic carbocycles. The van der Waals surface area contributed by atoms with Gasteiger partial charge in [-0.1, -0.05) is 44.9 Å². The number of hydrogen-bond acceptors (Lipinski definition) is 2. The maximum absolute atomic E-state index is 5.32. The minimum absolute atomic E-state index is 0.809. The fraction of sp³-hybridized carbons (Fsp3) is 0.654. The fourth-order valence-electron chi connectivity index (χ4n) is 5.29. The van der Waals surface area contributed by atoms with Crippen molar-refractivity contribution in [1.82, 2.24) is 9.78 Å². The Morgan fingerprint density at radius 3 is 2.24 bits per heavy atom. The number of aromatic nitrogens is 2. The summed E-state index contributed by atoms with van der Waals surface area (Å²) in [6.07, 6.45) is 18.3. The lowest BCUT2D eigenvalue weighted by Gasteiger charge is -2.21. The summed E-state index contributed by atoms with van der Waals surface area (Å²) in [7, 11) is 1.71. The summed E-state index contributed by atoms with van der Waals surface area (Å²) in [4.78, 5) is 0. The predicted molar refractivity (Wildman–Crippen MR) is 120 cm³/mol. The van der Waals surface area contributed by atoms with E-state index in [9.17, 15) is 0 Å². The van der Waals surface area contributed by atoms with Crippen molar-refractivity contribution in [2.45, 2.75) is 84.1 Å².